The molecule has 0 aromatic carbocycles. The molecule has 1 saturated heterocycles. The van der Waals surface area contributed by atoms with Crippen LogP contribution >= 0.6 is 0 Å². The SMILES string of the molecule is CC(O)[C@@H]1CCC2C3CC=C4CC5(CC[C@H]4C3CC[C@]21C)OCCO5. The van der Waals surface area contributed by atoms with Gasteiger partial charge in [0.05, 0.1) is 19.3 Å². The number of fused-ring (bicyclic) bond motifs is 5. The minimum absolute atomic E-state index is 0.146. The van der Waals surface area contributed by atoms with Crippen molar-refractivity contribution in [1.29, 1.82) is 0 Å². The monoisotopic (exact) mass is 346 g/mol. The van der Waals surface area contributed by atoms with Gasteiger partial charge in [-0.2, -0.15) is 0 Å². The van der Waals surface area contributed by atoms with Crippen molar-refractivity contribution in [1.82, 2.24) is 0 Å². The first-order chi connectivity index (χ1) is 12.0. The lowest BCUT2D eigenvalue weighted by atomic mass is 9.51. The van der Waals surface area contributed by atoms with E-state index in [0.29, 0.717) is 11.3 Å². The second-order valence-corrected chi connectivity index (χ2v) is 9.85. The van der Waals surface area contributed by atoms with Gasteiger partial charge in [0.1, 0.15) is 0 Å². The van der Waals surface area contributed by atoms with Crippen LogP contribution in [0.2, 0.25) is 0 Å². The van der Waals surface area contributed by atoms with E-state index in [1.165, 1.54) is 38.5 Å². The van der Waals surface area contributed by atoms with E-state index in [4.69, 9.17) is 9.47 Å². The van der Waals surface area contributed by atoms with Crippen LogP contribution in [0.25, 0.3) is 0 Å². The Morgan fingerprint density at radius 1 is 1.08 bits per heavy atom. The molecule has 0 aromatic heterocycles. The summed E-state index contributed by atoms with van der Waals surface area (Å²) in [5.41, 5.74) is 2.01. The number of aliphatic hydroxyl groups excluding tert-OH is 1. The summed E-state index contributed by atoms with van der Waals surface area (Å²) in [4.78, 5) is 0. The molecule has 1 heterocycles. The number of aliphatic hydroxyl groups is 1. The number of hydrogen-bond acceptors (Lipinski definition) is 3. The summed E-state index contributed by atoms with van der Waals surface area (Å²) < 4.78 is 12.0. The Morgan fingerprint density at radius 2 is 1.88 bits per heavy atom. The minimum atomic E-state index is -0.275. The van der Waals surface area contributed by atoms with Crippen LogP contribution in [-0.4, -0.2) is 30.2 Å². The van der Waals surface area contributed by atoms with Gasteiger partial charge in [0.2, 0.25) is 0 Å². The maximum Gasteiger partial charge on any atom is 0.172 e. The van der Waals surface area contributed by atoms with E-state index in [1.54, 1.807) is 5.57 Å². The highest BCUT2D eigenvalue weighted by Crippen LogP contribution is 2.64. The molecule has 4 unspecified atom stereocenters. The molecule has 5 rings (SSSR count). The topological polar surface area (TPSA) is 38.7 Å². The molecule has 7 atom stereocenters. The predicted octanol–water partition coefficient (Wildman–Crippen LogP) is 4.30. The third-order valence-corrected chi connectivity index (χ3v) is 8.92. The summed E-state index contributed by atoms with van der Waals surface area (Å²) in [5.74, 6) is 3.54. The van der Waals surface area contributed by atoms with Crippen molar-refractivity contribution >= 4 is 0 Å². The fourth-order valence-electron chi connectivity index (χ4n) is 7.82. The van der Waals surface area contributed by atoms with Crippen LogP contribution in [0.1, 0.15) is 65.2 Å². The average molecular weight is 347 g/mol. The van der Waals surface area contributed by atoms with E-state index >= 15 is 0 Å². The zero-order valence-electron chi connectivity index (χ0n) is 15.9. The van der Waals surface area contributed by atoms with Gasteiger partial charge in [-0.3, -0.25) is 0 Å². The normalized spacial score (nSPS) is 49.2. The zero-order valence-corrected chi connectivity index (χ0v) is 15.9. The van der Waals surface area contributed by atoms with Crippen molar-refractivity contribution in [2.75, 3.05) is 13.2 Å². The standard InChI is InChI=1S/C22H34O3/c1-14(23)19-5-6-20-18-4-3-15-13-22(24-11-12-25-22)10-8-16(15)17(18)7-9-21(19,20)2/h3,14,16-20,23H,4-13H2,1-2H3/t14?,16-,17?,18?,19+,20?,21+/m1/s1. The van der Waals surface area contributed by atoms with Crippen LogP contribution in [0.3, 0.4) is 0 Å². The summed E-state index contributed by atoms with van der Waals surface area (Å²) in [5, 5.41) is 10.3. The Labute approximate surface area is 152 Å². The molecule has 5 aliphatic rings. The van der Waals surface area contributed by atoms with Crippen molar-refractivity contribution in [3.05, 3.63) is 11.6 Å². The van der Waals surface area contributed by atoms with E-state index < -0.39 is 0 Å². The average Bonchev–Trinajstić information content (AvgIpc) is 3.18. The predicted molar refractivity (Wildman–Crippen MR) is 96.9 cm³/mol. The second-order valence-electron chi connectivity index (χ2n) is 9.85. The van der Waals surface area contributed by atoms with Gasteiger partial charge in [-0.1, -0.05) is 18.6 Å². The fraction of sp³-hybridized carbons (Fsp3) is 0.909. The lowest BCUT2D eigenvalue weighted by molar-refractivity contribution is -0.176. The van der Waals surface area contributed by atoms with E-state index in [1.807, 2.05) is 6.92 Å². The van der Waals surface area contributed by atoms with E-state index in [-0.39, 0.29) is 11.9 Å². The number of ether oxygens (including phenoxy) is 2. The molecular formula is C22H34O3. The summed E-state index contributed by atoms with van der Waals surface area (Å²) in [7, 11) is 0. The first-order valence-corrected chi connectivity index (χ1v) is 10.7. The smallest absolute Gasteiger partial charge is 0.172 e. The molecule has 3 saturated carbocycles. The maximum absolute atomic E-state index is 10.3. The molecule has 1 spiro atoms. The molecular weight excluding hydrogens is 312 g/mol. The van der Waals surface area contributed by atoms with E-state index in [9.17, 15) is 5.11 Å². The maximum atomic E-state index is 10.3. The van der Waals surface area contributed by atoms with Crippen LogP contribution in [0.4, 0.5) is 0 Å². The Morgan fingerprint density at radius 3 is 2.64 bits per heavy atom. The van der Waals surface area contributed by atoms with Crippen molar-refractivity contribution in [3.8, 4) is 0 Å². The van der Waals surface area contributed by atoms with Gasteiger partial charge in [0.25, 0.3) is 0 Å². The Balaban J connectivity index is 1.39. The summed E-state index contributed by atoms with van der Waals surface area (Å²) in [6.45, 7) is 6.05. The van der Waals surface area contributed by atoms with Crippen LogP contribution in [0.5, 0.6) is 0 Å². The molecule has 0 bridgehead atoms. The molecule has 0 radical (unpaired) electrons. The van der Waals surface area contributed by atoms with E-state index in [0.717, 1.165) is 49.7 Å². The van der Waals surface area contributed by atoms with Gasteiger partial charge in [-0.05, 0) is 80.5 Å². The highest BCUT2D eigenvalue weighted by molar-refractivity contribution is 5.21. The molecule has 140 valence electrons. The Hall–Kier alpha value is -0.380. The van der Waals surface area contributed by atoms with Crippen molar-refractivity contribution < 1.29 is 14.6 Å². The van der Waals surface area contributed by atoms with Gasteiger partial charge in [0, 0.05) is 12.8 Å². The van der Waals surface area contributed by atoms with Crippen molar-refractivity contribution in [2.45, 2.75) is 77.1 Å². The molecule has 1 aliphatic heterocycles. The third kappa shape index (κ3) is 2.41. The van der Waals surface area contributed by atoms with Crippen LogP contribution < -0.4 is 0 Å². The lowest BCUT2D eigenvalue weighted by Crippen LogP contribution is -2.49. The number of allylic oxidation sites excluding steroid dienone is 1. The molecule has 1 N–H and O–H groups in total. The molecule has 0 amide bonds. The Bertz CT molecular complexity index is 562. The molecule has 4 fully saturated rings. The van der Waals surface area contributed by atoms with Crippen LogP contribution in [0, 0.1) is 35.0 Å². The molecule has 25 heavy (non-hydrogen) atoms. The highest BCUT2D eigenvalue weighted by Gasteiger charge is 2.57. The third-order valence-electron chi connectivity index (χ3n) is 8.92. The lowest BCUT2D eigenvalue weighted by Gasteiger charge is -2.54. The molecule has 3 heteroatoms. The molecule has 3 nitrogen and oxygen atoms in total. The van der Waals surface area contributed by atoms with Crippen LogP contribution in [0.15, 0.2) is 11.6 Å². The summed E-state index contributed by atoms with van der Waals surface area (Å²) >= 11 is 0. The number of rotatable bonds is 1. The molecule has 0 aromatic rings. The molecule has 4 aliphatic carbocycles. The first kappa shape index (κ1) is 16.8. The first-order valence-electron chi connectivity index (χ1n) is 10.7. The van der Waals surface area contributed by atoms with E-state index in [2.05, 4.69) is 13.0 Å². The van der Waals surface area contributed by atoms with Gasteiger partial charge < -0.3 is 14.6 Å². The minimum Gasteiger partial charge on any atom is -0.393 e. The highest BCUT2D eigenvalue weighted by atomic mass is 16.7. The van der Waals surface area contributed by atoms with Gasteiger partial charge in [0.15, 0.2) is 5.79 Å². The largest absolute Gasteiger partial charge is 0.393 e. The summed E-state index contributed by atoms with van der Waals surface area (Å²) in [6.07, 6.45) is 12.2. The Kier molecular flexibility index (Phi) is 3.90. The van der Waals surface area contributed by atoms with Crippen molar-refractivity contribution in [3.63, 3.8) is 0 Å². The van der Waals surface area contributed by atoms with Gasteiger partial charge >= 0.3 is 0 Å². The fourth-order valence-corrected chi connectivity index (χ4v) is 7.82. The second kappa shape index (κ2) is 5.81. The van der Waals surface area contributed by atoms with Crippen molar-refractivity contribution in [2.24, 2.45) is 35.0 Å². The van der Waals surface area contributed by atoms with Gasteiger partial charge in [-0.25, -0.2) is 0 Å². The van der Waals surface area contributed by atoms with Crippen LogP contribution in [-0.2, 0) is 9.47 Å². The van der Waals surface area contributed by atoms with Gasteiger partial charge in [-0.15, -0.1) is 0 Å². The quantitative estimate of drug-likeness (QED) is 0.720. The number of hydrogen-bond donors (Lipinski definition) is 1. The zero-order chi connectivity index (χ0) is 17.2. The summed E-state index contributed by atoms with van der Waals surface area (Å²) in [6, 6.07) is 0.